The number of aromatic nitrogens is 3. The van der Waals surface area contributed by atoms with Gasteiger partial charge in [-0.15, -0.1) is 0 Å². The summed E-state index contributed by atoms with van der Waals surface area (Å²) in [5.74, 6) is 3.06. The van der Waals surface area contributed by atoms with Gasteiger partial charge < -0.3 is 14.8 Å². The smallest absolute Gasteiger partial charge is 0.138 e. The van der Waals surface area contributed by atoms with Crippen LogP contribution in [0.5, 0.6) is 11.5 Å². The van der Waals surface area contributed by atoms with Gasteiger partial charge in [0.15, 0.2) is 0 Å². The Morgan fingerprint density at radius 2 is 2.33 bits per heavy atom. The van der Waals surface area contributed by atoms with E-state index in [1.165, 1.54) is 11.1 Å². The molecule has 6 nitrogen and oxygen atoms in total. The third-order valence-corrected chi connectivity index (χ3v) is 4.74. The summed E-state index contributed by atoms with van der Waals surface area (Å²) in [5, 5.41) is 7.95. The summed E-state index contributed by atoms with van der Waals surface area (Å²) >= 11 is 0. The van der Waals surface area contributed by atoms with Crippen LogP contribution < -0.4 is 14.8 Å². The van der Waals surface area contributed by atoms with Crippen LogP contribution in [0.2, 0.25) is 0 Å². The van der Waals surface area contributed by atoms with Crippen molar-refractivity contribution >= 4 is 0 Å². The molecule has 1 aromatic carbocycles. The number of nitrogens with one attached hydrogen (secondary N) is 1. The first-order valence-corrected chi connectivity index (χ1v) is 8.78. The maximum Gasteiger partial charge on any atom is 0.138 e. The summed E-state index contributed by atoms with van der Waals surface area (Å²) in [5.41, 5.74) is 2.44. The molecule has 128 valence electrons. The van der Waals surface area contributed by atoms with E-state index in [0.29, 0.717) is 12.6 Å². The number of nitrogens with zero attached hydrogens (tertiary/aromatic N) is 3. The van der Waals surface area contributed by atoms with Crippen LogP contribution in [0.15, 0.2) is 18.5 Å². The Hall–Kier alpha value is -2.08. The lowest BCUT2D eigenvalue weighted by molar-refractivity contribution is 0.251. The molecular weight excluding hydrogens is 304 g/mol. The van der Waals surface area contributed by atoms with E-state index in [1.54, 1.807) is 6.33 Å². The Kier molecular flexibility index (Phi) is 4.14. The highest BCUT2D eigenvalue weighted by atomic mass is 16.5. The quantitative estimate of drug-likeness (QED) is 0.911. The molecule has 2 unspecified atom stereocenters. The molecular formula is C18H24N4O2. The number of rotatable bonds is 5. The molecule has 0 saturated carbocycles. The van der Waals surface area contributed by atoms with Gasteiger partial charge in [-0.2, -0.15) is 5.10 Å². The number of hydrogen-bond donors (Lipinski definition) is 1. The lowest BCUT2D eigenvalue weighted by Gasteiger charge is -2.24. The molecule has 0 saturated heterocycles. The zero-order valence-corrected chi connectivity index (χ0v) is 14.3. The van der Waals surface area contributed by atoms with Crippen LogP contribution >= 0.6 is 0 Å². The predicted molar refractivity (Wildman–Crippen MR) is 90.4 cm³/mol. The van der Waals surface area contributed by atoms with Gasteiger partial charge in [0.2, 0.25) is 0 Å². The van der Waals surface area contributed by atoms with Crippen molar-refractivity contribution in [3.8, 4) is 11.5 Å². The van der Waals surface area contributed by atoms with Gasteiger partial charge in [-0.25, -0.2) is 9.67 Å². The van der Waals surface area contributed by atoms with Crippen LogP contribution in [0, 0.1) is 0 Å². The van der Waals surface area contributed by atoms with Crippen molar-refractivity contribution < 1.29 is 9.47 Å². The lowest BCUT2D eigenvalue weighted by Crippen LogP contribution is -2.37. The molecule has 4 rings (SSSR count). The Bertz CT molecular complexity index is 728. The van der Waals surface area contributed by atoms with Crippen LogP contribution in [0.1, 0.15) is 37.2 Å². The topological polar surface area (TPSA) is 61.2 Å². The Morgan fingerprint density at radius 3 is 3.21 bits per heavy atom. The monoisotopic (exact) mass is 328 g/mol. The van der Waals surface area contributed by atoms with Gasteiger partial charge in [0.1, 0.15) is 29.8 Å². The first kappa shape index (κ1) is 15.4. The lowest BCUT2D eigenvalue weighted by atomic mass is 10.0. The molecule has 1 aromatic heterocycles. The molecule has 0 amide bonds. The molecule has 0 aliphatic carbocycles. The second-order valence-corrected chi connectivity index (χ2v) is 6.61. The van der Waals surface area contributed by atoms with Crippen molar-refractivity contribution in [2.75, 3.05) is 6.61 Å². The van der Waals surface area contributed by atoms with Gasteiger partial charge >= 0.3 is 0 Å². The minimum absolute atomic E-state index is 0.239. The third kappa shape index (κ3) is 2.98. The summed E-state index contributed by atoms with van der Waals surface area (Å²) in [4.78, 5) is 4.28. The van der Waals surface area contributed by atoms with Crippen LogP contribution in [0.3, 0.4) is 0 Å². The Morgan fingerprint density at radius 1 is 1.42 bits per heavy atom. The molecule has 0 spiro atoms. The molecule has 2 aliphatic rings. The van der Waals surface area contributed by atoms with Gasteiger partial charge in [0, 0.05) is 36.6 Å². The fourth-order valence-corrected chi connectivity index (χ4v) is 3.62. The van der Waals surface area contributed by atoms with Gasteiger partial charge in [-0.3, -0.25) is 0 Å². The summed E-state index contributed by atoms with van der Waals surface area (Å²) in [6.07, 6.45) is 4.90. The molecule has 2 aromatic rings. The molecule has 0 fully saturated rings. The van der Waals surface area contributed by atoms with Gasteiger partial charge in [0.25, 0.3) is 0 Å². The molecule has 1 N–H and O–H groups in total. The zero-order valence-electron chi connectivity index (χ0n) is 14.3. The van der Waals surface area contributed by atoms with Crippen molar-refractivity contribution in [3.63, 3.8) is 0 Å². The minimum Gasteiger partial charge on any atom is -0.494 e. The van der Waals surface area contributed by atoms with Crippen LogP contribution in [-0.4, -0.2) is 33.5 Å². The molecule has 24 heavy (non-hydrogen) atoms. The highest BCUT2D eigenvalue weighted by molar-refractivity contribution is 5.49. The molecule has 3 heterocycles. The van der Waals surface area contributed by atoms with Crippen molar-refractivity contribution in [3.05, 3.63) is 35.4 Å². The second kappa shape index (κ2) is 6.43. The molecule has 0 radical (unpaired) electrons. The normalized spacial score (nSPS) is 21.9. The number of aryl methyl sites for hydroxylation is 1. The second-order valence-electron chi connectivity index (χ2n) is 6.61. The van der Waals surface area contributed by atoms with E-state index in [2.05, 4.69) is 34.5 Å². The van der Waals surface area contributed by atoms with Crippen molar-refractivity contribution in [2.24, 2.45) is 0 Å². The fourth-order valence-electron chi connectivity index (χ4n) is 3.62. The Balaban J connectivity index is 1.48. The molecule has 2 atom stereocenters. The van der Waals surface area contributed by atoms with E-state index in [9.17, 15) is 0 Å². The van der Waals surface area contributed by atoms with Crippen LogP contribution in [0.4, 0.5) is 0 Å². The molecule has 6 heteroatoms. The highest BCUT2D eigenvalue weighted by Gasteiger charge is 2.25. The fraction of sp³-hybridized carbons (Fsp3) is 0.556. The largest absolute Gasteiger partial charge is 0.494 e. The van der Waals surface area contributed by atoms with E-state index >= 15 is 0 Å². The summed E-state index contributed by atoms with van der Waals surface area (Å²) < 4.78 is 13.8. The van der Waals surface area contributed by atoms with Gasteiger partial charge in [0.05, 0.1) is 13.2 Å². The SMILES string of the molecule is CCOc1cc(CNC2CCc3ncnn3C2)c2c(c1)CC(C)O2. The van der Waals surface area contributed by atoms with Crippen LogP contribution in [-0.2, 0) is 25.9 Å². The van der Waals surface area contributed by atoms with Gasteiger partial charge in [-0.1, -0.05) is 0 Å². The average molecular weight is 328 g/mol. The van der Waals surface area contributed by atoms with Crippen molar-refractivity contribution in [1.82, 2.24) is 20.1 Å². The summed E-state index contributed by atoms with van der Waals surface area (Å²) in [7, 11) is 0. The van der Waals surface area contributed by atoms with E-state index in [1.807, 2.05) is 11.6 Å². The standard InChI is InChI=1S/C18H24N4O2/c1-3-23-16-7-13-6-12(2)24-18(13)14(8-16)9-19-15-4-5-17-20-11-21-22(17)10-15/h7-8,11-12,15,19H,3-6,9-10H2,1-2H3. The third-order valence-electron chi connectivity index (χ3n) is 4.74. The summed E-state index contributed by atoms with van der Waals surface area (Å²) in [6, 6.07) is 4.63. The van der Waals surface area contributed by atoms with Crippen LogP contribution in [0.25, 0.3) is 0 Å². The first-order valence-electron chi connectivity index (χ1n) is 8.78. The minimum atomic E-state index is 0.239. The summed E-state index contributed by atoms with van der Waals surface area (Å²) in [6.45, 7) is 6.47. The highest BCUT2D eigenvalue weighted by Crippen LogP contribution is 2.36. The maximum atomic E-state index is 6.03. The van der Waals surface area contributed by atoms with E-state index in [0.717, 1.165) is 49.7 Å². The Labute approximate surface area is 142 Å². The number of benzene rings is 1. The van der Waals surface area contributed by atoms with Crippen molar-refractivity contribution in [2.45, 2.75) is 58.3 Å². The average Bonchev–Trinajstić information content (AvgIpc) is 3.17. The predicted octanol–water partition coefficient (Wildman–Crippen LogP) is 2.10. The first-order chi connectivity index (χ1) is 11.7. The number of fused-ring (bicyclic) bond motifs is 2. The van der Waals surface area contributed by atoms with E-state index < -0.39 is 0 Å². The zero-order chi connectivity index (χ0) is 16.5. The number of ether oxygens (including phenoxy) is 2. The number of hydrogen-bond acceptors (Lipinski definition) is 5. The van der Waals surface area contributed by atoms with Gasteiger partial charge in [-0.05, 0) is 32.4 Å². The molecule has 2 aliphatic heterocycles. The molecule has 0 bridgehead atoms. The maximum absolute atomic E-state index is 6.03. The van der Waals surface area contributed by atoms with E-state index in [4.69, 9.17) is 9.47 Å². The van der Waals surface area contributed by atoms with E-state index in [-0.39, 0.29) is 6.10 Å². The van der Waals surface area contributed by atoms with Crippen molar-refractivity contribution in [1.29, 1.82) is 0 Å².